The number of carbonyl (C=O) groups is 3. The molecular formula is C19H24F2N2O6. The summed E-state index contributed by atoms with van der Waals surface area (Å²) >= 11 is 0. The summed E-state index contributed by atoms with van der Waals surface area (Å²) in [7, 11) is 0. The summed E-state index contributed by atoms with van der Waals surface area (Å²) in [6.45, 7) is 3.49. The van der Waals surface area contributed by atoms with Gasteiger partial charge < -0.3 is 19.5 Å². The molecule has 0 unspecified atom stereocenters. The number of halogens is 2. The van der Waals surface area contributed by atoms with E-state index in [9.17, 15) is 23.2 Å². The van der Waals surface area contributed by atoms with Crippen LogP contribution in [0.2, 0.25) is 0 Å². The number of ether oxygens (including phenoxy) is 3. The van der Waals surface area contributed by atoms with E-state index in [-0.39, 0.29) is 18.1 Å². The zero-order valence-corrected chi connectivity index (χ0v) is 16.6. The Morgan fingerprint density at radius 2 is 1.86 bits per heavy atom. The smallest absolute Gasteiger partial charge is 0.387 e. The largest absolute Gasteiger partial charge is 0.490 e. The molecule has 160 valence electrons. The Labute approximate surface area is 167 Å². The average molecular weight is 414 g/mol. The second-order valence-electron chi connectivity index (χ2n) is 6.71. The highest BCUT2D eigenvalue weighted by atomic mass is 19.3. The molecule has 10 heteroatoms. The fraction of sp³-hybridized carbons (Fsp3) is 0.421. The lowest BCUT2D eigenvalue weighted by molar-refractivity contribution is -0.143. The molecule has 0 fully saturated rings. The maximum atomic E-state index is 12.4. The van der Waals surface area contributed by atoms with Crippen LogP contribution in [0.3, 0.4) is 0 Å². The maximum absolute atomic E-state index is 12.4. The van der Waals surface area contributed by atoms with E-state index in [2.05, 4.69) is 10.1 Å². The SMILES string of the molecule is CCOc1cc(/C=C/C(=O)OCC(=O)NC(=O)NC(C)(C)C)ccc1OC(F)F. The topological polar surface area (TPSA) is 103 Å². The van der Waals surface area contributed by atoms with Crippen molar-refractivity contribution in [3.63, 3.8) is 0 Å². The molecule has 1 aromatic carbocycles. The van der Waals surface area contributed by atoms with Crippen LogP contribution in [0.4, 0.5) is 13.6 Å². The molecule has 0 spiro atoms. The van der Waals surface area contributed by atoms with Gasteiger partial charge in [0.1, 0.15) is 0 Å². The molecule has 1 aromatic rings. The second kappa shape index (κ2) is 11.0. The fourth-order valence-corrected chi connectivity index (χ4v) is 1.97. The van der Waals surface area contributed by atoms with Crippen LogP contribution in [0.25, 0.3) is 6.08 Å². The lowest BCUT2D eigenvalue weighted by Gasteiger charge is -2.20. The number of rotatable bonds is 8. The third kappa shape index (κ3) is 10.1. The molecule has 0 saturated heterocycles. The van der Waals surface area contributed by atoms with Gasteiger partial charge >= 0.3 is 18.6 Å². The van der Waals surface area contributed by atoms with E-state index >= 15 is 0 Å². The summed E-state index contributed by atoms with van der Waals surface area (Å²) in [5.74, 6) is -1.66. The predicted octanol–water partition coefficient (Wildman–Crippen LogP) is 2.87. The lowest BCUT2D eigenvalue weighted by Crippen LogP contribution is -2.49. The van der Waals surface area contributed by atoms with Crippen molar-refractivity contribution in [2.24, 2.45) is 0 Å². The van der Waals surface area contributed by atoms with Crippen molar-refractivity contribution in [2.75, 3.05) is 13.2 Å². The molecule has 0 aliphatic carbocycles. The number of hydrogen-bond acceptors (Lipinski definition) is 6. The Hall–Kier alpha value is -3.17. The number of imide groups is 1. The van der Waals surface area contributed by atoms with E-state index in [1.54, 1.807) is 27.7 Å². The molecule has 0 atom stereocenters. The van der Waals surface area contributed by atoms with Crippen LogP contribution in [0.5, 0.6) is 11.5 Å². The third-order valence-electron chi connectivity index (χ3n) is 2.98. The first kappa shape index (κ1) is 23.9. The van der Waals surface area contributed by atoms with E-state index in [1.165, 1.54) is 24.3 Å². The number of alkyl halides is 2. The summed E-state index contributed by atoms with van der Waals surface area (Å²) in [6.07, 6.45) is 2.39. The van der Waals surface area contributed by atoms with E-state index in [0.717, 1.165) is 6.08 Å². The van der Waals surface area contributed by atoms with Crippen LogP contribution < -0.4 is 20.1 Å². The molecule has 0 aliphatic heterocycles. The monoisotopic (exact) mass is 414 g/mol. The molecule has 0 heterocycles. The second-order valence-corrected chi connectivity index (χ2v) is 6.71. The van der Waals surface area contributed by atoms with Gasteiger partial charge in [-0.2, -0.15) is 8.78 Å². The Morgan fingerprint density at radius 1 is 1.17 bits per heavy atom. The Balaban J connectivity index is 2.60. The molecular weight excluding hydrogens is 390 g/mol. The van der Waals surface area contributed by atoms with Gasteiger partial charge in [-0.1, -0.05) is 6.07 Å². The normalized spacial score (nSPS) is 11.3. The molecule has 0 saturated carbocycles. The van der Waals surface area contributed by atoms with Crippen LogP contribution >= 0.6 is 0 Å². The molecule has 2 N–H and O–H groups in total. The van der Waals surface area contributed by atoms with Gasteiger partial charge in [0.25, 0.3) is 5.91 Å². The van der Waals surface area contributed by atoms with Crippen molar-refractivity contribution in [1.29, 1.82) is 0 Å². The lowest BCUT2D eigenvalue weighted by atomic mass is 10.1. The summed E-state index contributed by atoms with van der Waals surface area (Å²) < 4.78 is 39.1. The molecule has 0 bridgehead atoms. The minimum atomic E-state index is -3.00. The summed E-state index contributed by atoms with van der Waals surface area (Å²) in [5.41, 5.74) is -0.0685. The number of nitrogens with one attached hydrogen (secondary N) is 2. The van der Waals surface area contributed by atoms with E-state index < -0.39 is 36.7 Å². The molecule has 8 nitrogen and oxygen atoms in total. The van der Waals surface area contributed by atoms with Crippen molar-refractivity contribution in [2.45, 2.75) is 39.8 Å². The van der Waals surface area contributed by atoms with Crippen molar-refractivity contribution >= 4 is 24.0 Å². The quantitative estimate of drug-likeness (QED) is 0.501. The summed E-state index contributed by atoms with van der Waals surface area (Å²) in [4.78, 5) is 34.8. The molecule has 1 rings (SSSR count). The highest BCUT2D eigenvalue weighted by Crippen LogP contribution is 2.30. The van der Waals surface area contributed by atoms with Crippen LogP contribution in [-0.2, 0) is 14.3 Å². The van der Waals surface area contributed by atoms with Gasteiger partial charge in [0.2, 0.25) is 0 Å². The molecule has 29 heavy (non-hydrogen) atoms. The van der Waals surface area contributed by atoms with Gasteiger partial charge in [0.15, 0.2) is 18.1 Å². The molecule has 0 aromatic heterocycles. The molecule has 0 aliphatic rings. The van der Waals surface area contributed by atoms with E-state index in [4.69, 9.17) is 9.47 Å². The van der Waals surface area contributed by atoms with Gasteiger partial charge in [0, 0.05) is 11.6 Å². The third-order valence-corrected chi connectivity index (χ3v) is 2.98. The number of benzene rings is 1. The number of carbonyl (C=O) groups excluding carboxylic acids is 3. The van der Waals surface area contributed by atoms with Crippen molar-refractivity contribution in [1.82, 2.24) is 10.6 Å². The summed E-state index contributed by atoms with van der Waals surface area (Å²) in [5, 5.41) is 4.55. The van der Waals surface area contributed by atoms with Crippen molar-refractivity contribution < 1.29 is 37.4 Å². The fourth-order valence-electron chi connectivity index (χ4n) is 1.97. The average Bonchev–Trinajstić information content (AvgIpc) is 2.58. The van der Waals surface area contributed by atoms with Crippen LogP contribution in [0.15, 0.2) is 24.3 Å². The maximum Gasteiger partial charge on any atom is 0.387 e. The number of hydrogen-bond donors (Lipinski definition) is 2. The highest BCUT2D eigenvalue weighted by molar-refractivity contribution is 5.96. The van der Waals surface area contributed by atoms with Crippen molar-refractivity contribution in [3.05, 3.63) is 29.8 Å². The van der Waals surface area contributed by atoms with Gasteiger partial charge in [-0.3, -0.25) is 10.1 Å². The number of esters is 1. The minimum absolute atomic E-state index is 0.0903. The first-order valence-electron chi connectivity index (χ1n) is 8.68. The molecule has 3 amide bonds. The number of urea groups is 1. The Bertz CT molecular complexity index is 760. The first-order chi connectivity index (χ1) is 13.5. The van der Waals surface area contributed by atoms with E-state index in [0.29, 0.717) is 5.56 Å². The minimum Gasteiger partial charge on any atom is -0.490 e. The Kier molecular flexibility index (Phi) is 9.04. The predicted molar refractivity (Wildman–Crippen MR) is 101 cm³/mol. The van der Waals surface area contributed by atoms with Crippen molar-refractivity contribution in [3.8, 4) is 11.5 Å². The van der Waals surface area contributed by atoms with Gasteiger partial charge in [-0.05, 0) is 51.5 Å². The summed E-state index contributed by atoms with van der Waals surface area (Å²) in [6, 6.07) is 3.43. The standard InChI is InChI=1S/C19H24F2N2O6/c1-5-27-14-10-12(6-8-13(14)29-17(20)21)7-9-16(25)28-11-15(24)22-18(26)23-19(2,3)4/h6-10,17H,5,11H2,1-4H3,(H2,22,23,24,26)/b9-7+. The van der Waals surface area contributed by atoms with Gasteiger partial charge in [-0.15, -0.1) is 0 Å². The van der Waals surface area contributed by atoms with Crippen LogP contribution in [0.1, 0.15) is 33.3 Å². The molecule has 0 radical (unpaired) electrons. The van der Waals surface area contributed by atoms with Gasteiger partial charge in [0.05, 0.1) is 6.61 Å². The zero-order valence-electron chi connectivity index (χ0n) is 16.6. The highest BCUT2D eigenvalue weighted by Gasteiger charge is 2.16. The van der Waals surface area contributed by atoms with Crippen LogP contribution in [-0.4, -0.2) is 43.3 Å². The van der Waals surface area contributed by atoms with E-state index in [1.807, 2.05) is 5.32 Å². The first-order valence-corrected chi connectivity index (χ1v) is 8.68. The van der Waals surface area contributed by atoms with Gasteiger partial charge in [-0.25, -0.2) is 9.59 Å². The Morgan fingerprint density at radius 3 is 2.45 bits per heavy atom. The van der Waals surface area contributed by atoms with Crippen LogP contribution in [0, 0.1) is 0 Å². The zero-order chi connectivity index (χ0) is 22.0. The number of amides is 3.